The summed E-state index contributed by atoms with van der Waals surface area (Å²) in [6, 6.07) is 2.73. The molecule has 0 N–H and O–H groups in total. The van der Waals surface area contributed by atoms with Crippen molar-refractivity contribution in [2.24, 2.45) is 0 Å². The molecule has 1 aromatic rings. The third kappa shape index (κ3) is 1.53. The quantitative estimate of drug-likeness (QED) is 0.673. The summed E-state index contributed by atoms with van der Waals surface area (Å²) in [5.74, 6) is 0.899. The number of rotatable bonds is 2. The summed E-state index contributed by atoms with van der Waals surface area (Å²) in [5.41, 5.74) is 4.08. The van der Waals surface area contributed by atoms with Gasteiger partial charge in [0.2, 0.25) is 0 Å². The third-order valence-electron chi connectivity index (χ3n) is 2.44. The lowest BCUT2D eigenvalue weighted by Crippen LogP contribution is -2.09. The van der Waals surface area contributed by atoms with Crippen LogP contribution in [-0.4, -0.2) is 10.3 Å². The van der Waals surface area contributed by atoms with Crippen LogP contribution in [0, 0.1) is 20.8 Å². The van der Waals surface area contributed by atoms with Crippen LogP contribution in [0.25, 0.3) is 0 Å². The average Bonchev–Trinajstić information content (AvgIpc) is 2.26. The van der Waals surface area contributed by atoms with Crippen molar-refractivity contribution < 1.29 is 0 Å². The number of nitrogens with zero attached hydrogens (tertiary/aromatic N) is 1. The number of hydrogen-bond donors (Lipinski definition) is 1. The molecule has 1 atom stereocenters. The molecule has 0 aliphatic heterocycles. The molecule has 1 aromatic heterocycles. The van der Waals surface area contributed by atoms with Gasteiger partial charge in [0, 0.05) is 23.2 Å². The van der Waals surface area contributed by atoms with Crippen molar-refractivity contribution in [3.8, 4) is 0 Å². The van der Waals surface area contributed by atoms with Gasteiger partial charge in [0.25, 0.3) is 0 Å². The monoisotopic (exact) mass is 183 g/mol. The van der Waals surface area contributed by atoms with Crippen LogP contribution >= 0.6 is 12.6 Å². The molecule has 1 nitrogen and oxygen atoms in total. The van der Waals surface area contributed by atoms with Crippen LogP contribution in [0.3, 0.4) is 0 Å². The molecule has 0 saturated heterocycles. The standard InChI is InChI=1S/C10H17NS/c1-7-5-8(2)11(10(7)4)9(3)6-12/h5,9,12H,6H2,1-4H3. The van der Waals surface area contributed by atoms with Crippen LogP contribution < -0.4 is 0 Å². The van der Waals surface area contributed by atoms with E-state index in [0.29, 0.717) is 6.04 Å². The van der Waals surface area contributed by atoms with E-state index in [9.17, 15) is 0 Å². The highest BCUT2D eigenvalue weighted by molar-refractivity contribution is 7.80. The Morgan fingerprint density at radius 3 is 2.33 bits per heavy atom. The van der Waals surface area contributed by atoms with Crippen LogP contribution in [0.1, 0.15) is 29.9 Å². The SMILES string of the molecule is Cc1cc(C)n(C(C)CS)c1C. The highest BCUT2D eigenvalue weighted by Gasteiger charge is 2.09. The second kappa shape index (κ2) is 3.56. The maximum Gasteiger partial charge on any atom is 0.0395 e. The molecule has 0 fully saturated rings. The molecule has 1 unspecified atom stereocenters. The van der Waals surface area contributed by atoms with Gasteiger partial charge in [-0.3, -0.25) is 0 Å². The average molecular weight is 183 g/mol. The number of aryl methyl sites for hydroxylation is 2. The van der Waals surface area contributed by atoms with E-state index in [4.69, 9.17) is 0 Å². The van der Waals surface area contributed by atoms with Gasteiger partial charge in [0.05, 0.1) is 0 Å². The fourth-order valence-electron chi connectivity index (χ4n) is 1.70. The van der Waals surface area contributed by atoms with E-state index in [-0.39, 0.29) is 0 Å². The zero-order valence-electron chi connectivity index (χ0n) is 8.26. The summed E-state index contributed by atoms with van der Waals surface area (Å²) >= 11 is 4.31. The summed E-state index contributed by atoms with van der Waals surface area (Å²) < 4.78 is 2.35. The van der Waals surface area contributed by atoms with Gasteiger partial charge in [-0.2, -0.15) is 12.6 Å². The molecule has 1 heterocycles. The minimum absolute atomic E-state index is 0.502. The molecule has 68 valence electrons. The number of aromatic nitrogens is 1. The van der Waals surface area contributed by atoms with Crippen LogP contribution in [0.15, 0.2) is 6.07 Å². The van der Waals surface area contributed by atoms with Crippen LogP contribution in [0.5, 0.6) is 0 Å². The van der Waals surface area contributed by atoms with E-state index >= 15 is 0 Å². The van der Waals surface area contributed by atoms with Gasteiger partial charge in [-0.25, -0.2) is 0 Å². The number of hydrogen-bond acceptors (Lipinski definition) is 1. The fraction of sp³-hybridized carbons (Fsp3) is 0.600. The molecule has 0 aliphatic carbocycles. The number of thiol groups is 1. The zero-order valence-corrected chi connectivity index (χ0v) is 9.15. The Hall–Kier alpha value is -0.370. The van der Waals surface area contributed by atoms with Crippen molar-refractivity contribution in [3.63, 3.8) is 0 Å². The molecule has 0 amide bonds. The Kier molecular flexibility index (Phi) is 2.89. The van der Waals surface area contributed by atoms with Gasteiger partial charge >= 0.3 is 0 Å². The maximum absolute atomic E-state index is 4.31. The summed E-state index contributed by atoms with van der Waals surface area (Å²) in [4.78, 5) is 0. The molecule has 0 aromatic carbocycles. The highest BCUT2D eigenvalue weighted by atomic mass is 32.1. The molecule has 2 heteroatoms. The first-order chi connectivity index (χ1) is 5.57. The second-order valence-electron chi connectivity index (χ2n) is 3.46. The Labute approximate surface area is 80.2 Å². The van der Waals surface area contributed by atoms with E-state index < -0.39 is 0 Å². The van der Waals surface area contributed by atoms with Crippen molar-refractivity contribution in [2.75, 3.05) is 5.75 Å². The summed E-state index contributed by atoms with van der Waals surface area (Å²) in [7, 11) is 0. The lowest BCUT2D eigenvalue weighted by Gasteiger charge is -2.16. The summed E-state index contributed by atoms with van der Waals surface area (Å²) in [6.07, 6.45) is 0. The van der Waals surface area contributed by atoms with Gasteiger partial charge in [-0.1, -0.05) is 0 Å². The lowest BCUT2D eigenvalue weighted by atomic mass is 10.3. The fourth-order valence-corrected chi connectivity index (χ4v) is 1.86. The smallest absolute Gasteiger partial charge is 0.0395 e. The zero-order chi connectivity index (χ0) is 9.30. The first-order valence-electron chi connectivity index (χ1n) is 4.33. The van der Waals surface area contributed by atoms with E-state index in [2.05, 4.69) is 51.0 Å². The van der Waals surface area contributed by atoms with Gasteiger partial charge in [0.15, 0.2) is 0 Å². The topological polar surface area (TPSA) is 4.93 Å². The minimum Gasteiger partial charge on any atom is -0.345 e. The van der Waals surface area contributed by atoms with Crippen molar-refractivity contribution in [1.29, 1.82) is 0 Å². The second-order valence-corrected chi connectivity index (χ2v) is 3.82. The van der Waals surface area contributed by atoms with Crippen molar-refractivity contribution in [3.05, 3.63) is 23.0 Å². The Morgan fingerprint density at radius 1 is 1.42 bits per heavy atom. The predicted molar refractivity (Wildman–Crippen MR) is 57.2 cm³/mol. The first kappa shape index (κ1) is 9.72. The Balaban J connectivity index is 3.13. The first-order valence-corrected chi connectivity index (χ1v) is 4.97. The van der Waals surface area contributed by atoms with Crippen LogP contribution in [0.4, 0.5) is 0 Å². The van der Waals surface area contributed by atoms with E-state index in [0.717, 1.165) is 5.75 Å². The molecule has 0 radical (unpaired) electrons. The molecule has 0 spiro atoms. The normalized spacial score (nSPS) is 13.4. The molecule has 0 aliphatic rings. The summed E-state index contributed by atoms with van der Waals surface area (Å²) in [6.45, 7) is 8.68. The molecular formula is C10H17NS. The van der Waals surface area contributed by atoms with Gasteiger partial charge < -0.3 is 4.57 Å². The molecule has 1 rings (SSSR count). The third-order valence-corrected chi connectivity index (χ3v) is 2.97. The van der Waals surface area contributed by atoms with Gasteiger partial charge in [0.1, 0.15) is 0 Å². The van der Waals surface area contributed by atoms with Crippen molar-refractivity contribution in [2.45, 2.75) is 33.7 Å². The van der Waals surface area contributed by atoms with Crippen LogP contribution in [0.2, 0.25) is 0 Å². The van der Waals surface area contributed by atoms with Crippen LogP contribution in [-0.2, 0) is 0 Å². The maximum atomic E-state index is 4.31. The lowest BCUT2D eigenvalue weighted by molar-refractivity contribution is 0.583. The van der Waals surface area contributed by atoms with Gasteiger partial charge in [-0.05, 0) is 39.3 Å². The molecule has 0 bridgehead atoms. The van der Waals surface area contributed by atoms with Gasteiger partial charge in [-0.15, -0.1) is 0 Å². The summed E-state index contributed by atoms with van der Waals surface area (Å²) in [5, 5.41) is 0. The Morgan fingerprint density at radius 2 is 2.00 bits per heavy atom. The van der Waals surface area contributed by atoms with E-state index in [1.54, 1.807) is 0 Å². The van der Waals surface area contributed by atoms with Crippen molar-refractivity contribution >= 4 is 12.6 Å². The highest BCUT2D eigenvalue weighted by Crippen LogP contribution is 2.19. The predicted octanol–water partition coefficient (Wildman–Crippen LogP) is 2.90. The Bertz CT molecular complexity index is 276. The molecule has 12 heavy (non-hydrogen) atoms. The van der Waals surface area contributed by atoms with Crippen molar-refractivity contribution in [1.82, 2.24) is 4.57 Å². The molecular weight excluding hydrogens is 166 g/mol. The minimum atomic E-state index is 0.502. The van der Waals surface area contributed by atoms with E-state index in [1.807, 2.05) is 0 Å². The molecule has 0 saturated carbocycles. The largest absolute Gasteiger partial charge is 0.345 e. The van der Waals surface area contributed by atoms with E-state index in [1.165, 1.54) is 17.0 Å².